The van der Waals surface area contributed by atoms with Gasteiger partial charge < -0.3 is 16.2 Å². The third kappa shape index (κ3) is 2.98. The molecule has 1 fully saturated rings. The van der Waals surface area contributed by atoms with Gasteiger partial charge in [-0.2, -0.15) is 0 Å². The number of anilines is 1. The van der Waals surface area contributed by atoms with Crippen molar-refractivity contribution in [2.24, 2.45) is 11.1 Å². The first kappa shape index (κ1) is 13.3. The van der Waals surface area contributed by atoms with Crippen LogP contribution in [0.1, 0.15) is 36.2 Å². The zero-order valence-electron chi connectivity index (χ0n) is 10.4. The van der Waals surface area contributed by atoms with E-state index in [0.29, 0.717) is 12.4 Å². The fourth-order valence-corrected chi connectivity index (χ4v) is 2.33. The Morgan fingerprint density at radius 1 is 1.37 bits per heavy atom. The molecule has 0 spiro atoms. The molecule has 0 unspecified atom stereocenters. The summed E-state index contributed by atoms with van der Waals surface area (Å²) in [6.07, 6.45) is 5.71. The van der Waals surface area contributed by atoms with Gasteiger partial charge in [0.25, 0.3) is 5.91 Å². The van der Waals surface area contributed by atoms with E-state index in [0.717, 1.165) is 19.3 Å². The van der Waals surface area contributed by atoms with Gasteiger partial charge in [-0.1, -0.05) is 6.42 Å². The lowest BCUT2D eigenvalue weighted by Crippen LogP contribution is -2.39. The monoisotopic (exact) mass is 264 g/mol. The van der Waals surface area contributed by atoms with Crippen LogP contribution in [0.25, 0.3) is 0 Å². The first-order valence-electron chi connectivity index (χ1n) is 6.09. The SMILES string of the molecule is NC(=O)c1nccnc1NCC1(CC(=O)O)CCC1. The van der Waals surface area contributed by atoms with Crippen molar-refractivity contribution in [3.8, 4) is 0 Å². The van der Waals surface area contributed by atoms with E-state index >= 15 is 0 Å². The average molecular weight is 264 g/mol. The highest BCUT2D eigenvalue weighted by molar-refractivity contribution is 5.95. The van der Waals surface area contributed by atoms with Crippen LogP contribution in [0.3, 0.4) is 0 Å². The second-order valence-corrected chi connectivity index (χ2v) is 4.90. The Morgan fingerprint density at radius 2 is 2.05 bits per heavy atom. The summed E-state index contributed by atoms with van der Waals surface area (Å²) in [4.78, 5) is 29.9. The van der Waals surface area contributed by atoms with E-state index in [2.05, 4.69) is 15.3 Å². The number of carboxylic acids is 1. The number of primary amides is 1. The summed E-state index contributed by atoms with van der Waals surface area (Å²) in [7, 11) is 0. The number of carbonyl (C=O) groups excluding carboxylic acids is 1. The Labute approximate surface area is 110 Å². The van der Waals surface area contributed by atoms with Crippen molar-refractivity contribution >= 4 is 17.7 Å². The van der Waals surface area contributed by atoms with Gasteiger partial charge in [-0.3, -0.25) is 9.59 Å². The van der Waals surface area contributed by atoms with Gasteiger partial charge in [-0.15, -0.1) is 0 Å². The Kier molecular flexibility index (Phi) is 3.64. The maximum Gasteiger partial charge on any atom is 0.303 e. The van der Waals surface area contributed by atoms with Crippen molar-refractivity contribution < 1.29 is 14.7 Å². The van der Waals surface area contributed by atoms with Gasteiger partial charge in [0.05, 0.1) is 6.42 Å². The lowest BCUT2D eigenvalue weighted by molar-refractivity contribution is -0.141. The number of nitrogens with two attached hydrogens (primary N) is 1. The number of nitrogens with one attached hydrogen (secondary N) is 1. The predicted octanol–water partition coefficient (Wildman–Crippen LogP) is 0.632. The lowest BCUT2D eigenvalue weighted by Gasteiger charge is -2.41. The molecule has 1 aromatic heterocycles. The summed E-state index contributed by atoms with van der Waals surface area (Å²) in [6, 6.07) is 0. The maximum absolute atomic E-state index is 11.2. The minimum absolute atomic E-state index is 0.0762. The number of carboxylic acid groups (broad SMARTS) is 1. The molecule has 1 heterocycles. The van der Waals surface area contributed by atoms with Crippen molar-refractivity contribution in [1.82, 2.24) is 9.97 Å². The molecule has 1 saturated carbocycles. The molecular formula is C12H16N4O3. The van der Waals surface area contributed by atoms with Gasteiger partial charge in [-0.25, -0.2) is 9.97 Å². The molecule has 0 saturated heterocycles. The van der Waals surface area contributed by atoms with E-state index in [9.17, 15) is 9.59 Å². The van der Waals surface area contributed by atoms with Crippen LogP contribution >= 0.6 is 0 Å². The van der Waals surface area contributed by atoms with Crippen LogP contribution in [0, 0.1) is 5.41 Å². The highest BCUT2D eigenvalue weighted by Gasteiger charge is 2.39. The average Bonchev–Trinajstić information content (AvgIpc) is 2.32. The smallest absolute Gasteiger partial charge is 0.303 e. The van der Waals surface area contributed by atoms with Crippen molar-refractivity contribution in [2.45, 2.75) is 25.7 Å². The van der Waals surface area contributed by atoms with Crippen LogP contribution in [0.15, 0.2) is 12.4 Å². The minimum Gasteiger partial charge on any atom is -0.481 e. The maximum atomic E-state index is 11.2. The van der Waals surface area contributed by atoms with Gasteiger partial charge in [0.1, 0.15) is 0 Å². The van der Waals surface area contributed by atoms with Crippen LogP contribution in [-0.4, -0.2) is 33.5 Å². The van der Waals surface area contributed by atoms with Crippen LogP contribution in [-0.2, 0) is 4.79 Å². The highest BCUT2D eigenvalue weighted by Crippen LogP contribution is 2.43. The molecule has 0 radical (unpaired) electrons. The Balaban J connectivity index is 2.06. The van der Waals surface area contributed by atoms with Gasteiger partial charge in [0, 0.05) is 18.9 Å². The molecule has 7 nitrogen and oxygen atoms in total. The summed E-state index contributed by atoms with van der Waals surface area (Å²) in [5.41, 5.74) is 5.03. The normalized spacial score (nSPS) is 16.4. The van der Waals surface area contributed by atoms with E-state index in [1.54, 1.807) is 0 Å². The van der Waals surface area contributed by atoms with E-state index in [-0.39, 0.29) is 17.5 Å². The molecule has 7 heteroatoms. The standard InChI is InChI=1S/C12H16N4O3/c13-10(19)9-11(15-5-4-14-9)16-7-12(2-1-3-12)6-8(17)18/h4-5H,1-3,6-7H2,(H2,13,19)(H,15,16)(H,17,18). The molecular weight excluding hydrogens is 248 g/mol. The quantitative estimate of drug-likeness (QED) is 0.693. The first-order valence-corrected chi connectivity index (χ1v) is 6.09. The van der Waals surface area contributed by atoms with E-state index < -0.39 is 11.9 Å². The Bertz CT molecular complexity index is 500. The number of carbonyl (C=O) groups is 2. The second kappa shape index (κ2) is 5.21. The highest BCUT2D eigenvalue weighted by atomic mass is 16.4. The van der Waals surface area contributed by atoms with Crippen molar-refractivity contribution in [1.29, 1.82) is 0 Å². The zero-order chi connectivity index (χ0) is 13.9. The van der Waals surface area contributed by atoms with Crippen molar-refractivity contribution in [3.63, 3.8) is 0 Å². The molecule has 1 aliphatic carbocycles. The van der Waals surface area contributed by atoms with E-state index in [1.165, 1.54) is 12.4 Å². The molecule has 0 atom stereocenters. The van der Waals surface area contributed by atoms with E-state index in [4.69, 9.17) is 10.8 Å². The number of amides is 1. The number of aliphatic carboxylic acids is 1. The number of hydrogen-bond donors (Lipinski definition) is 3. The molecule has 1 aromatic rings. The predicted molar refractivity (Wildman–Crippen MR) is 67.6 cm³/mol. The van der Waals surface area contributed by atoms with Gasteiger partial charge in [0.2, 0.25) is 0 Å². The first-order chi connectivity index (χ1) is 9.02. The van der Waals surface area contributed by atoms with Crippen LogP contribution < -0.4 is 11.1 Å². The fourth-order valence-electron chi connectivity index (χ4n) is 2.33. The molecule has 1 aliphatic rings. The summed E-state index contributed by atoms with van der Waals surface area (Å²) in [5, 5.41) is 11.9. The largest absolute Gasteiger partial charge is 0.481 e. The molecule has 102 valence electrons. The summed E-state index contributed by atoms with van der Waals surface area (Å²) < 4.78 is 0. The van der Waals surface area contributed by atoms with Crippen LogP contribution in [0.4, 0.5) is 5.82 Å². The van der Waals surface area contributed by atoms with Crippen LogP contribution in [0.2, 0.25) is 0 Å². The molecule has 2 rings (SSSR count). The topological polar surface area (TPSA) is 118 Å². The lowest BCUT2D eigenvalue weighted by atomic mass is 9.66. The third-order valence-corrected chi connectivity index (χ3v) is 3.50. The zero-order valence-corrected chi connectivity index (χ0v) is 10.4. The van der Waals surface area contributed by atoms with Crippen LogP contribution in [0.5, 0.6) is 0 Å². The molecule has 1 amide bonds. The molecule has 4 N–H and O–H groups in total. The second-order valence-electron chi connectivity index (χ2n) is 4.90. The Hall–Kier alpha value is -2.18. The molecule has 0 bridgehead atoms. The van der Waals surface area contributed by atoms with Gasteiger partial charge in [0.15, 0.2) is 11.5 Å². The fraction of sp³-hybridized carbons (Fsp3) is 0.500. The minimum atomic E-state index is -0.809. The number of rotatable bonds is 6. The number of nitrogens with zero attached hydrogens (tertiary/aromatic N) is 2. The summed E-state index contributed by atoms with van der Waals surface area (Å²) in [5.74, 6) is -1.15. The third-order valence-electron chi connectivity index (χ3n) is 3.50. The Morgan fingerprint density at radius 3 is 2.58 bits per heavy atom. The molecule has 0 aromatic carbocycles. The summed E-state index contributed by atoms with van der Waals surface area (Å²) >= 11 is 0. The van der Waals surface area contributed by atoms with E-state index in [1.807, 2.05) is 0 Å². The summed E-state index contributed by atoms with van der Waals surface area (Å²) in [6.45, 7) is 0.457. The van der Waals surface area contributed by atoms with Crippen molar-refractivity contribution in [2.75, 3.05) is 11.9 Å². The van der Waals surface area contributed by atoms with Gasteiger partial charge >= 0.3 is 5.97 Å². The van der Waals surface area contributed by atoms with Gasteiger partial charge in [-0.05, 0) is 18.3 Å². The number of hydrogen-bond acceptors (Lipinski definition) is 5. The molecule has 0 aliphatic heterocycles. The number of aromatic nitrogens is 2. The van der Waals surface area contributed by atoms with Crippen molar-refractivity contribution in [3.05, 3.63) is 18.1 Å². The molecule has 19 heavy (non-hydrogen) atoms.